The van der Waals surface area contributed by atoms with E-state index in [-0.39, 0.29) is 0 Å². The molecule has 4 nitrogen and oxygen atoms in total. The second-order valence-electron chi connectivity index (χ2n) is 4.01. The zero-order valence-electron chi connectivity index (χ0n) is 9.16. The molecule has 0 radical (unpaired) electrons. The predicted molar refractivity (Wildman–Crippen MR) is 62.7 cm³/mol. The molecule has 1 atom stereocenters. The highest BCUT2D eigenvalue weighted by Crippen LogP contribution is 2.14. The van der Waals surface area contributed by atoms with Crippen molar-refractivity contribution in [2.45, 2.75) is 19.3 Å². The lowest BCUT2D eigenvalue weighted by Crippen LogP contribution is -2.30. The summed E-state index contributed by atoms with van der Waals surface area (Å²) in [5.41, 5.74) is 0. The zero-order chi connectivity index (χ0) is 11.2. The second kappa shape index (κ2) is 6.01. The van der Waals surface area contributed by atoms with Crippen molar-refractivity contribution in [2.24, 2.45) is 5.92 Å². The van der Waals surface area contributed by atoms with Crippen LogP contribution in [0, 0.1) is 5.92 Å². The highest BCUT2D eigenvalue weighted by Gasteiger charge is 2.12. The second-order valence-corrected chi connectivity index (χ2v) is 4.40. The Balaban J connectivity index is 1.71. The summed E-state index contributed by atoms with van der Waals surface area (Å²) in [5, 5.41) is 3.81. The fourth-order valence-corrected chi connectivity index (χ4v) is 2.01. The molecule has 1 saturated heterocycles. The first-order chi connectivity index (χ1) is 7.84. The number of aromatic nitrogens is 2. The quantitative estimate of drug-likeness (QED) is 0.818. The first kappa shape index (κ1) is 11.6. The first-order valence-electron chi connectivity index (χ1n) is 5.66. The van der Waals surface area contributed by atoms with E-state index in [4.69, 9.17) is 16.3 Å². The van der Waals surface area contributed by atoms with Gasteiger partial charge in [0.15, 0.2) is 0 Å². The molecule has 1 aliphatic rings. The molecule has 0 spiro atoms. The SMILES string of the molecule is Clc1ccnc(OCC[C@H]2CCCNC2)n1. The van der Waals surface area contributed by atoms with E-state index >= 15 is 0 Å². The number of hydrogen-bond acceptors (Lipinski definition) is 4. The van der Waals surface area contributed by atoms with Gasteiger partial charge in [0.25, 0.3) is 0 Å². The molecule has 1 aromatic rings. The summed E-state index contributed by atoms with van der Waals surface area (Å²) in [6.45, 7) is 2.90. The molecule has 1 fully saturated rings. The third-order valence-corrected chi connectivity index (χ3v) is 2.97. The molecule has 5 heteroatoms. The minimum Gasteiger partial charge on any atom is -0.463 e. The molecular weight excluding hydrogens is 226 g/mol. The van der Waals surface area contributed by atoms with Gasteiger partial charge >= 0.3 is 6.01 Å². The number of hydrogen-bond donors (Lipinski definition) is 1. The van der Waals surface area contributed by atoms with E-state index in [0.29, 0.717) is 23.7 Å². The standard InChI is InChI=1S/C11H16ClN3O/c12-10-3-6-14-11(15-10)16-7-4-9-2-1-5-13-8-9/h3,6,9,13H,1-2,4-5,7-8H2/t9-/m1/s1. The fourth-order valence-electron chi connectivity index (χ4n) is 1.88. The van der Waals surface area contributed by atoms with Gasteiger partial charge in [0.1, 0.15) is 5.15 Å². The Hall–Kier alpha value is -0.870. The van der Waals surface area contributed by atoms with Gasteiger partial charge in [-0.2, -0.15) is 4.98 Å². The van der Waals surface area contributed by atoms with Crippen molar-refractivity contribution in [1.29, 1.82) is 0 Å². The smallest absolute Gasteiger partial charge is 0.317 e. The third-order valence-electron chi connectivity index (χ3n) is 2.76. The van der Waals surface area contributed by atoms with Crippen molar-refractivity contribution in [3.63, 3.8) is 0 Å². The van der Waals surface area contributed by atoms with Gasteiger partial charge in [-0.25, -0.2) is 4.98 Å². The maximum Gasteiger partial charge on any atom is 0.317 e. The lowest BCUT2D eigenvalue weighted by atomic mass is 9.97. The van der Waals surface area contributed by atoms with Crippen LogP contribution in [0.5, 0.6) is 6.01 Å². The Morgan fingerprint density at radius 3 is 3.25 bits per heavy atom. The van der Waals surface area contributed by atoms with E-state index < -0.39 is 0 Å². The highest BCUT2D eigenvalue weighted by atomic mass is 35.5. The molecule has 0 aromatic carbocycles. The van der Waals surface area contributed by atoms with Crippen LogP contribution in [0.3, 0.4) is 0 Å². The molecule has 0 bridgehead atoms. The van der Waals surface area contributed by atoms with Gasteiger partial charge in [-0.15, -0.1) is 0 Å². The van der Waals surface area contributed by atoms with Gasteiger partial charge < -0.3 is 10.1 Å². The van der Waals surface area contributed by atoms with E-state index in [0.717, 1.165) is 19.5 Å². The van der Waals surface area contributed by atoms with Crippen molar-refractivity contribution < 1.29 is 4.74 Å². The molecule has 2 heterocycles. The van der Waals surface area contributed by atoms with Crippen LogP contribution in [0.2, 0.25) is 5.15 Å². The minimum absolute atomic E-state index is 0.372. The summed E-state index contributed by atoms with van der Waals surface area (Å²) < 4.78 is 5.46. The molecule has 16 heavy (non-hydrogen) atoms. The molecule has 88 valence electrons. The van der Waals surface area contributed by atoms with Crippen molar-refractivity contribution >= 4 is 11.6 Å². The summed E-state index contributed by atoms with van der Waals surface area (Å²) in [6, 6.07) is 2.01. The molecule has 0 unspecified atom stereocenters. The fraction of sp³-hybridized carbons (Fsp3) is 0.636. The maximum atomic E-state index is 5.73. The van der Waals surface area contributed by atoms with Crippen LogP contribution in [0.25, 0.3) is 0 Å². The third kappa shape index (κ3) is 3.61. The van der Waals surface area contributed by atoms with Gasteiger partial charge in [-0.3, -0.25) is 0 Å². The summed E-state index contributed by atoms with van der Waals surface area (Å²) in [5.74, 6) is 0.716. The first-order valence-corrected chi connectivity index (χ1v) is 6.04. The summed E-state index contributed by atoms with van der Waals surface area (Å²) in [7, 11) is 0. The number of ether oxygens (including phenoxy) is 1. The monoisotopic (exact) mass is 241 g/mol. The molecule has 0 amide bonds. The highest BCUT2D eigenvalue weighted by molar-refractivity contribution is 6.29. The van der Waals surface area contributed by atoms with Crippen LogP contribution < -0.4 is 10.1 Å². The van der Waals surface area contributed by atoms with Gasteiger partial charge in [0.2, 0.25) is 0 Å². The molecule has 1 aromatic heterocycles. The largest absolute Gasteiger partial charge is 0.463 e. The number of halogens is 1. The number of nitrogens with one attached hydrogen (secondary N) is 1. The van der Waals surface area contributed by atoms with Crippen LogP contribution in [0.1, 0.15) is 19.3 Å². The van der Waals surface area contributed by atoms with Crippen molar-refractivity contribution in [1.82, 2.24) is 15.3 Å². The zero-order valence-corrected chi connectivity index (χ0v) is 9.91. The summed E-state index contributed by atoms with van der Waals surface area (Å²) in [4.78, 5) is 7.96. The van der Waals surface area contributed by atoms with E-state index in [9.17, 15) is 0 Å². The van der Waals surface area contributed by atoms with Crippen LogP contribution in [0.15, 0.2) is 12.3 Å². The van der Waals surface area contributed by atoms with E-state index in [1.165, 1.54) is 12.8 Å². The minimum atomic E-state index is 0.372. The molecule has 2 rings (SSSR count). The maximum absolute atomic E-state index is 5.73. The van der Waals surface area contributed by atoms with E-state index in [2.05, 4.69) is 15.3 Å². The van der Waals surface area contributed by atoms with Gasteiger partial charge in [0, 0.05) is 6.20 Å². The summed E-state index contributed by atoms with van der Waals surface area (Å²) in [6.07, 6.45) is 5.20. The molecule has 0 aliphatic carbocycles. The van der Waals surface area contributed by atoms with Crippen molar-refractivity contribution in [3.8, 4) is 6.01 Å². The van der Waals surface area contributed by atoms with Crippen LogP contribution in [-0.4, -0.2) is 29.7 Å². The summed E-state index contributed by atoms with van der Waals surface area (Å²) >= 11 is 5.73. The number of nitrogens with zero attached hydrogens (tertiary/aromatic N) is 2. The topological polar surface area (TPSA) is 47.0 Å². The van der Waals surface area contributed by atoms with Gasteiger partial charge in [-0.05, 0) is 44.3 Å². The molecule has 1 aliphatic heterocycles. The van der Waals surface area contributed by atoms with Gasteiger partial charge in [-0.1, -0.05) is 11.6 Å². The van der Waals surface area contributed by atoms with Crippen LogP contribution in [0.4, 0.5) is 0 Å². The number of piperidine rings is 1. The van der Waals surface area contributed by atoms with Gasteiger partial charge in [0.05, 0.1) is 6.61 Å². The lowest BCUT2D eigenvalue weighted by Gasteiger charge is -2.22. The predicted octanol–water partition coefficient (Wildman–Crippen LogP) is 1.90. The molecule has 1 N–H and O–H groups in total. The van der Waals surface area contributed by atoms with Crippen molar-refractivity contribution in [2.75, 3.05) is 19.7 Å². The Morgan fingerprint density at radius 2 is 2.50 bits per heavy atom. The Morgan fingerprint density at radius 1 is 1.56 bits per heavy atom. The lowest BCUT2D eigenvalue weighted by molar-refractivity contribution is 0.240. The Bertz CT molecular complexity index is 329. The normalized spacial score (nSPS) is 20.7. The average molecular weight is 242 g/mol. The average Bonchev–Trinajstić information content (AvgIpc) is 2.30. The van der Waals surface area contributed by atoms with E-state index in [1.54, 1.807) is 12.3 Å². The Kier molecular flexibility index (Phi) is 4.36. The van der Waals surface area contributed by atoms with Crippen LogP contribution in [-0.2, 0) is 0 Å². The molecular formula is C11H16ClN3O. The van der Waals surface area contributed by atoms with Crippen molar-refractivity contribution in [3.05, 3.63) is 17.4 Å². The number of rotatable bonds is 4. The molecule has 0 saturated carbocycles. The Labute approximate surface area is 100 Å². The van der Waals surface area contributed by atoms with Crippen LogP contribution >= 0.6 is 11.6 Å². The van der Waals surface area contributed by atoms with E-state index in [1.807, 2.05) is 0 Å².